The van der Waals surface area contributed by atoms with Crippen LogP contribution in [0, 0.1) is 5.41 Å². The molecular formula is C19H25N3O. The maximum Gasteiger partial charge on any atom is 0.274 e. The summed E-state index contributed by atoms with van der Waals surface area (Å²) in [5.74, 6) is 0.399. The Kier molecular flexibility index (Phi) is 4.00. The minimum absolute atomic E-state index is 0.0379. The van der Waals surface area contributed by atoms with Crippen LogP contribution in [0.1, 0.15) is 55.7 Å². The summed E-state index contributed by atoms with van der Waals surface area (Å²) in [7, 11) is 0. The highest BCUT2D eigenvalue weighted by atomic mass is 16.2. The van der Waals surface area contributed by atoms with E-state index < -0.39 is 0 Å². The molecule has 0 bridgehead atoms. The van der Waals surface area contributed by atoms with Crippen molar-refractivity contribution in [2.45, 2.75) is 39.7 Å². The normalized spacial score (nSPS) is 20.2. The van der Waals surface area contributed by atoms with Gasteiger partial charge in [0.25, 0.3) is 5.91 Å². The van der Waals surface area contributed by atoms with Crippen LogP contribution >= 0.6 is 0 Å². The van der Waals surface area contributed by atoms with Crippen molar-refractivity contribution in [1.82, 2.24) is 14.7 Å². The molecule has 1 aliphatic heterocycles. The molecule has 0 saturated carbocycles. The van der Waals surface area contributed by atoms with Crippen molar-refractivity contribution in [1.29, 1.82) is 0 Å². The molecule has 23 heavy (non-hydrogen) atoms. The fourth-order valence-corrected chi connectivity index (χ4v) is 3.43. The molecule has 2 heterocycles. The zero-order chi connectivity index (χ0) is 16.6. The summed E-state index contributed by atoms with van der Waals surface area (Å²) >= 11 is 0. The van der Waals surface area contributed by atoms with Crippen molar-refractivity contribution in [2.75, 3.05) is 13.1 Å². The van der Waals surface area contributed by atoms with Crippen LogP contribution in [0.25, 0.3) is 0 Å². The molecule has 1 amide bonds. The van der Waals surface area contributed by atoms with Gasteiger partial charge >= 0.3 is 0 Å². The van der Waals surface area contributed by atoms with Gasteiger partial charge in [-0.3, -0.25) is 9.48 Å². The van der Waals surface area contributed by atoms with Crippen LogP contribution in [0.15, 0.2) is 42.6 Å². The Morgan fingerprint density at radius 1 is 1.22 bits per heavy atom. The molecule has 1 saturated heterocycles. The third-order valence-electron chi connectivity index (χ3n) is 4.79. The van der Waals surface area contributed by atoms with Gasteiger partial charge in [0, 0.05) is 31.2 Å². The van der Waals surface area contributed by atoms with Crippen molar-refractivity contribution >= 4 is 5.91 Å². The predicted molar refractivity (Wildman–Crippen MR) is 91.5 cm³/mol. The van der Waals surface area contributed by atoms with E-state index in [2.05, 4.69) is 57.1 Å². The van der Waals surface area contributed by atoms with Crippen LogP contribution in [-0.4, -0.2) is 33.7 Å². The van der Waals surface area contributed by atoms with E-state index in [1.165, 1.54) is 5.56 Å². The number of benzene rings is 1. The van der Waals surface area contributed by atoms with Gasteiger partial charge in [0.15, 0.2) is 0 Å². The second kappa shape index (κ2) is 5.84. The first-order valence-electron chi connectivity index (χ1n) is 8.28. The van der Waals surface area contributed by atoms with E-state index >= 15 is 0 Å². The molecule has 3 rings (SSSR count). The van der Waals surface area contributed by atoms with E-state index in [0.717, 1.165) is 13.1 Å². The van der Waals surface area contributed by atoms with Crippen molar-refractivity contribution in [3.05, 3.63) is 53.9 Å². The monoisotopic (exact) mass is 311 g/mol. The number of hydrogen-bond acceptors (Lipinski definition) is 2. The Morgan fingerprint density at radius 2 is 1.91 bits per heavy atom. The number of likely N-dealkylation sites (tertiary alicyclic amines) is 1. The summed E-state index contributed by atoms with van der Waals surface area (Å²) in [6, 6.07) is 12.6. The van der Waals surface area contributed by atoms with E-state index in [4.69, 9.17) is 0 Å². The van der Waals surface area contributed by atoms with Gasteiger partial charge in [-0.25, -0.2) is 0 Å². The highest BCUT2D eigenvalue weighted by Crippen LogP contribution is 2.42. The van der Waals surface area contributed by atoms with E-state index in [9.17, 15) is 4.79 Å². The third-order valence-corrected chi connectivity index (χ3v) is 4.79. The molecule has 0 N–H and O–H groups in total. The summed E-state index contributed by atoms with van der Waals surface area (Å²) in [4.78, 5) is 14.7. The van der Waals surface area contributed by atoms with Crippen LogP contribution < -0.4 is 0 Å². The van der Waals surface area contributed by atoms with Gasteiger partial charge in [-0.15, -0.1) is 0 Å². The first-order valence-corrected chi connectivity index (χ1v) is 8.28. The van der Waals surface area contributed by atoms with Gasteiger partial charge in [0.05, 0.1) is 0 Å². The SMILES string of the molecule is CC(C)n1ccc(C(=O)N2CC(c3ccccc3)C(C)(C)C2)n1. The molecule has 0 spiro atoms. The van der Waals surface area contributed by atoms with Crippen molar-refractivity contribution in [2.24, 2.45) is 5.41 Å². The lowest BCUT2D eigenvalue weighted by Crippen LogP contribution is -2.30. The Bertz CT molecular complexity index is 688. The summed E-state index contributed by atoms with van der Waals surface area (Å²) in [6.07, 6.45) is 1.88. The molecule has 1 aliphatic rings. The first-order chi connectivity index (χ1) is 10.9. The minimum Gasteiger partial charge on any atom is -0.336 e. The smallest absolute Gasteiger partial charge is 0.274 e. The van der Waals surface area contributed by atoms with Gasteiger partial charge < -0.3 is 4.90 Å². The van der Waals surface area contributed by atoms with Gasteiger partial charge in [0.1, 0.15) is 5.69 Å². The van der Waals surface area contributed by atoms with E-state index in [0.29, 0.717) is 11.6 Å². The number of carbonyl (C=O) groups excluding carboxylic acids is 1. The largest absolute Gasteiger partial charge is 0.336 e. The predicted octanol–water partition coefficient (Wildman–Crippen LogP) is 3.73. The zero-order valence-electron chi connectivity index (χ0n) is 14.4. The number of nitrogens with zero attached hydrogens (tertiary/aromatic N) is 3. The summed E-state index contributed by atoms with van der Waals surface area (Å²) < 4.78 is 1.84. The average Bonchev–Trinajstić information content (AvgIpc) is 3.12. The van der Waals surface area contributed by atoms with Gasteiger partial charge in [0.2, 0.25) is 0 Å². The highest BCUT2D eigenvalue weighted by molar-refractivity contribution is 5.92. The van der Waals surface area contributed by atoms with Gasteiger partial charge in [-0.1, -0.05) is 44.2 Å². The zero-order valence-corrected chi connectivity index (χ0v) is 14.4. The molecule has 4 heteroatoms. The molecule has 4 nitrogen and oxygen atoms in total. The van der Waals surface area contributed by atoms with Crippen molar-refractivity contribution < 1.29 is 4.79 Å². The molecule has 1 fully saturated rings. The molecule has 1 aromatic carbocycles. The number of rotatable bonds is 3. The lowest BCUT2D eigenvalue weighted by atomic mass is 9.78. The van der Waals surface area contributed by atoms with Crippen LogP contribution in [0.3, 0.4) is 0 Å². The van der Waals surface area contributed by atoms with Gasteiger partial charge in [-0.2, -0.15) is 5.10 Å². The molecule has 0 radical (unpaired) electrons. The lowest BCUT2D eigenvalue weighted by molar-refractivity contribution is 0.0771. The van der Waals surface area contributed by atoms with E-state index in [-0.39, 0.29) is 17.4 Å². The Balaban J connectivity index is 1.80. The topological polar surface area (TPSA) is 38.1 Å². The fraction of sp³-hybridized carbons (Fsp3) is 0.474. The molecule has 0 aliphatic carbocycles. The molecule has 1 atom stereocenters. The Hall–Kier alpha value is -2.10. The molecule has 1 aromatic heterocycles. The lowest BCUT2D eigenvalue weighted by Gasteiger charge is -2.25. The summed E-state index contributed by atoms with van der Waals surface area (Å²) in [5, 5.41) is 4.43. The Morgan fingerprint density at radius 3 is 2.52 bits per heavy atom. The van der Waals surface area contributed by atoms with E-state index in [1.54, 1.807) is 0 Å². The summed E-state index contributed by atoms with van der Waals surface area (Å²) in [6.45, 7) is 10.1. The highest BCUT2D eigenvalue weighted by Gasteiger charge is 2.42. The van der Waals surface area contributed by atoms with Crippen molar-refractivity contribution in [3.63, 3.8) is 0 Å². The second-order valence-electron chi connectivity index (χ2n) is 7.41. The number of amides is 1. The van der Waals surface area contributed by atoms with Crippen LogP contribution in [0.4, 0.5) is 0 Å². The van der Waals surface area contributed by atoms with Gasteiger partial charge in [-0.05, 0) is 30.9 Å². The number of carbonyl (C=O) groups is 1. The quantitative estimate of drug-likeness (QED) is 0.866. The number of hydrogen-bond donors (Lipinski definition) is 0. The third kappa shape index (κ3) is 3.03. The fourth-order valence-electron chi connectivity index (χ4n) is 3.43. The molecular weight excluding hydrogens is 286 g/mol. The van der Waals surface area contributed by atoms with Crippen molar-refractivity contribution in [3.8, 4) is 0 Å². The first kappa shape index (κ1) is 15.8. The molecule has 2 aromatic rings. The van der Waals surface area contributed by atoms with Crippen LogP contribution in [0.5, 0.6) is 0 Å². The standard InChI is InChI=1S/C19H25N3O/c1-14(2)22-11-10-17(20-22)18(23)21-12-16(19(3,4)13-21)15-8-6-5-7-9-15/h5-11,14,16H,12-13H2,1-4H3. The maximum atomic E-state index is 12.8. The average molecular weight is 311 g/mol. The number of aromatic nitrogens is 2. The van der Waals surface area contributed by atoms with E-state index in [1.807, 2.05) is 27.9 Å². The summed E-state index contributed by atoms with van der Waals surface area (Å²) in [5.41, 5.74) is 1.92. The Labute approximate surface area is 138 Å². The molecule has 1 unspecified atom stereocenters. The molecule has 122 valence electrons. The maximum absolute atomic E-state index is 12.8. The van der Waals surface area contributed by atoms with Crippen LogP contribution in [0.2, 0.25) is 0 Å². The van der Waals surface area contributed by atoms with Crippen LogP contribution in [-0.2, 0) is 0 Å². The minimum atomic E-state index is 0.0379. The second-order valence-corrected chi connectivity index (χ2v) is 7.41.